The molecule has 3 aromatic rings. The van der Waals surface area contributed by atoms with Crippen LogP contribution in [-0.4, -0.2) is 132 Å². The Balaban J connectivity index is 1.34. The Kier molecular flexibility index (Phi) is 16.9. The molecule has 7 N–H and O–H groups in total. The van der Waals surface area contributed by atoms with Gasteiger partial charge in [0.15, 0.2) is 35.7 Å². The third kappa shape index (κ3) is 16.3. The highest BCUT2D eigenvalue weighted by molar-refractivity contribution is 7.90. The first kappa shape index (κ1) is 46.0. The molecule has 1 aliphatic rings. The average molecular weight is 866 g/mol. The van der Waals surface area contributed by atoms with Crippen molar-refractivity contribution >= 4 is 60.6 Å². The molecule has 20 heteroatoms. The Hall–Kier alpha value is -4.72. The van der Waals surface area contributed by atoms with Crippen LogP contribution in [0.5, 0.6) is 11.5 Å². The number of sulfone groups is 2. The fraction of sp³-hybridized carbons (Fsp3) is 0.500. The van der Waals surface area contributed by atoms with E-state index in [9.17, 15) is 31.2 Å². The number of carbonyl (C=O) groups is 3. The van der Waals surface area contributed by atoms with Crippen molar-refractivity contribution in [2.45, 2.75) is 44.6 Å². The highest BCUT2D eigenvalue weighted by Gasteiger charge is 2.35. The molecule has 0 spiro atoms. The van der Waals surface area contributed by atoms with Gasteiger partial charge in [0.25, 0.3) is 17.7 Å². The first-order valence-corrected chi connectivity index (χ1v) is 23.5. The summed E-state index contributed by atoms with van der Waals surface area (Å²) < 4.78 is 57.1. The van der Waals surface area contributed by atoms with Crippen LogP contribution in [0, 0.1) is 0 Å². The number of nitrogens with zero attached hydrogens (tertiary/aromatic N) is 3. The number of halogens is 1. The van der Waals surface area contributed by atoms with Gasteiger partial charge in [0.05, 0.1) is 43.7 Å². The number of hydrogen-bond donors (Lipinski definition) is 5. The second kappa shape index (κ2) is 21.3. The van der Waals surface area contributed by atoms with Gasteiger partial charge in [-0.1, -0.05) is 35.9 Å². The number of hydrogen-bond acceptors (Lipinski definition) is 13. The van der Waals surface area contributed by atoms with Crippen LogP contribution < -0.4 is 36.9 Å². The maximum absolute atomic E-state index is 13.3. The number of quaternary nitrogens is 1. The van der Waals surface area contributed by atoms with Crippen molar-refractivity contribution in [3.05, 3.63) is 70.5 Å². The summed E-state index contributed by atoms with van der Waals surface area (Å²) >= 11 is 6.05. The summed E-state index contributed by atoms with van der Waals surface area (Å²) in [5.41, 5.74) is 13.8. The minimum Gasteiger partial charge on any atom is -0.484 e. The van der Waals surface area contributed by atoms with Gasteiger partial charge in [-0.05, 0) is 61.1 Å². The van der Waals surface area contributed by atoms with Crippen LogP contribution in [0.25, 0.3) is 0 Å². The molecule has 58 heavy (non-hydrogen) atoms. The lowest BCUT2D eigenvalue weighted by Gasteiger charge is -2.45. The van der Waals surface area contributed by atoms with Crippen LogP contribution in [0.3, 0.4) is 0 Å². The summed E-state index contributed by atoms with van der Waals surface area (Å²) in [5, 5.41) is 8.08. The lowest BCUT2D eigenvalue weighted by molar-refractivity contribution is -0.933. The van der Waals surface area contributed by atoms with E-state index in [2.05, 4.69) is 25.9 Å². The van der Waals surface area contributed by atoms with Crippen molar-refractivity contribution in [3.63, 3.8) is 0 Å². The van der Waals surface area contributed by atoms with E-state index < -0.39 is 37.4 Å². The number of likely N-dealkylation sites (tertiary alicyclic amines) is 1. The zero-order valence-electron chi connectivity index (χ0n) is 32.9. The number of rotatable bonds is 22. The number of amides is 3. The third-order valence-electron chi connectivity index (χ3n) is 9.62. The number of nitrogen functional groups attached to an aromatic ring is 2. The summed E-state index contributed by atoms with van der Waals surface area (Å²) in [4.78, 5) is 45.4. The molecule has 1 unspecified atom stereocenters. The summed E-state index contributed by atoms with van der Waals surface area (Å²) in [6.07, 6.45) is 7.27. The molecule has 3 amide bonds. The van der Waals surface area contributed by atoms with Gasteiger partial charge in [0.2, 0.25) is 0 Å². The molecule has 17 nitrogen and oxygen atoms in total. The van der Waals surface area contributed by atoms with Crippen LogP contribution in [-0.2, 0) is 42.1 Å². The summed E-state index contributed by atoms with van der Waals surface area (Å²) in [5.74, 6) is -0.630. The molecule has 1 aliphatic heterocycles. The van der Waals surface area contributed by atoms with E-state index in [4.69, 9.17) is 32.5 Å². The molecular formula is C38H54ClN8O9S2+. The van der Waals surface area contributed by atoms with Gasteiger partial charge in [-0.15, -0.1) is 0 Å². The fourth-order valence-electron chi connectivity index (χ4n) is 6.71. The normalized spacial score (nSPS) is 15.3. The Morgan fingerprint density at radius 3 is 1.72 bits per heavy atom. The highest BCUT2D eigenvalue weighted by atomic mass is 35.5. The quantitative estimate of drug-likeness (QED) is 0.0896. The molecule has 1 aromatic heterocycles. The predicted octanol–water partition coefficient (Wildman–Crippen LogP) is 1.35. The summed E-state index contributed by atoms with van der Waals surface area (Å²) in [6.45, 7) is 2.99. The number of aryl methyl sites for hydroxylation is 2. The van der Waals surface area contributed by atoms with Gasteiger partial charge in [-0.2, -0.15) is 0 Å². The van der Waals surface area contributed by atoms with Crippen molar-refractivity contribution in [2.75, 3.05) is 88.0 Å². The van der Waals surface area contributed by atoms with Crippen LogP contribution in [0.15, 0.2) is 48.5 Å². The molecule has 318 valence electrons. The monoisotopic (exact) mass is 865 g/mol. The van der Waals surface area contributed by atoms with Gasteiger partial charge in [-0.3, -0.25) is 14.4 Å². The maximum Gasteiger partial charge on any atom is 0.274 e. The van der Waals surface area contributed by atoms with E-state index in [-0.39, 0.29) is 66.3 Å². The third-order valence-corrected chi connectivity index (χ3v) is 11.8. The van der Waals surface area contributed by atoms with Gasteiger partial charge in [0, 0.05) is 38.4 Å². The Morgan fingerprint density at radius 1 is 0.776 bits per heavy atom. The summed E-state index contributed by atoms with van der Waals surface area (Å²) in [6, 6.07) is 14.9. The number of anilines is 2. The van der Waals surface area contributed by atoms with Gasteiger partial charge in [-0.25, -0.2) is 26.8 Å². The molecule has 0 aliphatic carbocycles. The molecule has 4 rings (SSSR count). The molecule has 0 saturated carbocycles. The van der Waals surface area contributed by atoms with Crippen molar-refractivity contribution in [1.29, 1.82) is 0 Å². The number of nitrogens with one attached hydrogen (secondary N) is 3. The van der Waals surface area contributed by atoms with E-state index in [0.717, 1.165) is 86.3 Å². The molecule has 1 atom stereocenters. The van der Waals surface area contributed by atoms with Crippen LogP contribution in [0.2, 0.25) is 5.15 Å². The van der Waals surface area contributed by atoms with Gasteiger partial charge < -0.3 is 41.4 Å². The number of aromatic nitrogens is 2. The van der Waals surface area contributed by atoms with Crippen LogP contribution >= 0.6 is 11.6 Å². The van der Waals surface area contributed by atoms with E-state index in [1.54, 1.807) is 24.3 Å². The van der Waals surface area contributed by atoms with E-state index in [1.165, 1.54) is 0 Å². The molecule has 2 aromatic carbocycles. The minimum atomic E-state index is -3.17. The van der Waals surface area contributed by atoms with Crippen molar-refractivity contribution in [2.24, 2.45) is 0 Å². The predicted molar refractivity (Wildman–Crippen MR) is 222 cm³/mol. The topological polar surface area (TPSA) is 252 Å². The number of piperidine rings is 1. The van der Waals surface area contributed by atoms with Crippen LogP contribution in [0.1, 0.15) is 47.3 Å². The number of carbonyl (C=O) groups excluding carboxylic acids is 3. The first-order valence-electron chi connectivity index (χ1n) is 19.0. The van der Waals surface area contributed by atoms with Crippen LogP contribution in [0.4, 0.5) is 11.6 Å². The average Bonchev–Trinajstić information content (AvgIpc) is 3.15. The largest absolute Gasteiger partial charge is 0.484 e. The van der Waals surface area contributed by atoms with Gasteiger partial charge in [0.1, 0.15) is 31.2 Å². The fourth-order valence-corrected chi connectivity index (χ4v) is 7.79. The van der Waals surface area contributed by atoms with E-state index >= 15 is 0 Å². The minimum absolute atomic E-state index is 0.0265. The molecular weight excluding hydrogens is 812 g/mol. The molecule has 2 heterocycles. The molecule has 0 radical (unpaired) electrons. The maximum atomic E-state index is 13.3. The second-order valence-corrected chi connectivity index (χ2v) is 19.6. The molecule has 0 bridgehead atoms. The second-order valence-electron chi connectivity index (χ2n) is 14.7. The zero-order valence-corrected chi connectivity index (χ0v) is 35.3. The van der Waals surface area contributed by atoms with E-state index in [0.29, 0.717) is 18.0 Å². The first-order chi connectivity index (χ1) is 27.4. The molecule has 1 fully saturated rings. The number of benzene rings is 2. The zero-order chi connectivity index (χ0) is 42.3. The standard InChI is InChI=1S/C38H53ClN8O9S2/c1-57(51,52)22-17-42-32(48)25-55-30-13-9-27(10-14-30)6-3-19-47(21-5-8-29(24-47)44-38(50)34-36(40)46-37(41)35(39)45-34)20-4-7-28-11-15-31(16-12-28)56-26-33(49)43-18-23-58(2,53)54/h9-16,29H,3-8,17-26H2,1-2H3,(H6-,40,41,42,43,44,46,48,49,50)/p+1. The molecule has 1 saturated heterocycles. The van der Waals surface area contributed by atoms with Gasteiger partial charge >= 0.3 is 0 Å². The smallest absolute Gasteiger partial charge is 0.274 e. The Morgan fingerprint density at radius 2 is 1.26 bits per heavy atom. The van der Waals surface area contributed by atoms with Crippen molar-refractivity contribution < 1.29 is 45.2 Å². The Labute approximate surface area is 345 Å². The summed E-state index contributed by atoms with van der Waals surface area (Å²) in [7, 11) is -6.35. The van der Waals surface area contributed by atoms with Crippen molar-refractivity contribution in [1.82, 2.24) is 25.9 Å². The number of ether oxygens (including phenoxy) is 2. The van der Waals surface area contributed by atoms with E-state index in [1.807, 2.05) is 24.3 Å². The lowest BCUT2D eigenvalue weighted by Crippen LogP contribution is -2.60. The Bertz CT molecular complexity index is 1990. The lowest BCUT2D eigenvalue weighted by atomic mass is 9.99. The van der Waals surface area contributed by atoms with Crippen molar-refractivity contribution in [3.8, 4) is 11.5 Å². The SMILES string of the molecule is CS(=O)(=O)CCNC(=O)COc1ccc(CCC[N+]2(CCCc3ccc(OCC(=O)NCCS(C)(=O)=O)cc3)CCCC(NC(=O)c3nc(Cl)c(N)nc3N)C2)cc1. The number of nitrogens with two attached hydrogens (primary N) is 2. The highest BCUT2D eigenvalue weighted by Crippen LogP contribution is 2.25.